The first kappa shape index (κ1) is 10.2. The molecule has 0 aliphatic heterocycles. The van der Waals surface area contributed by atoms with E-state index in [1.54, 1.807) is 0 Å². The van der Waals surface area contributed by atoms with Crippen molar-refractivity contribution < 1.29 is 0 Å². The molecule has 2 nitrogen and oxygen atoms in total. The number of aryl methyl sites for hydroxylation is 2. The van der Waals surface area contributed by atoms with Crippen molar-refractivity contribution in [1.29, 1.82) is 0 Å². The van der Waals surface area contributed by atoms with E-state index >= 15 is 0 Å². The number of nitrogens with zero attached hydrogens (tertiary/aromatic N) is 1. The number of nitrogens with one attached hydrogen (secondary N) is 1. The Morgan fingerprint density at radius 3 is 2.73 bits per heavy atom. The van der Waals surface area contributed by atoms with E-state index in [1.807, 2.05) is 6.20 Å². The summed E-state index contributed by atoms with van der Waals surface area (Å²) >= 11 is 0. The maximum atomic E-state index is 4.68. The van der Waals surface area contributed by atoms with Crippen molar-refractivity contribution >= 4 is 10.9 Å². The molecule has 0 bridgehead atoms. The van der Waals surface area contributed by atoms with Crippen molar-refractivity contribution in [3.05, 3.63) is 29.2 Å². The number of rotatable bonds is 2. The topological polar surface area (TPSA) is 28.7 Å². The Hall–Kier alpha value is -1.31. The Labute approximate surface area is 90.7 Å². The van der Waals surface area contributed by atoms with Crippen LogP contribution in [-0.2, 0) is 6.42 Å². The van der Waals surface area contributed by atoms with Gasteiger partial charge in [0.2, 0.25) is 0 Å². The second-order valence-electron chi connectivity index (χ2n) is 4.33. The van der Waals surface area contributed by atoms with Gasteiger partial charge in [0.05, 0.1) is 11.2 Å². The van der Waals surface area contributed by atoms with Gasteiger partial charge in [-0.05, 0) is 30.9 Å². The molecular weight excluding hydrogens is 184 g/mol. The number of H-pyrrole nitrogens is 1. The summed E-state index contributed by atoms with van der Waals surface area (Å²) < 4.78 is 0. The molecule has 80 valence electrons. The zero-order chi connectivity index (χ0) is 11.0. The monoisotopic (exact) mass is 202 g/mol. The lowest BCUT2D eigenvalue weighted by Gasteiger charge is -2.13. The SMILES string of the molecule is CCc1nc(C)c2[nH]ccc2c1C(C)C. The molecule has 0 amide bonds. The van der Waals surface area contributed by atoms with Crippen LogP contribution < -0.4 is 0 Å². The zero-order valence-corrected chi connectivity index (χ0v) is 9.89. The third-order valence-corrected chi connectivity index (χ3v) is 2.92. The minimum absolute atomic E-state index is 0.534. The molecule has 0 saturated carbocycles. The first-order valence-electron chi connectivity index (χ1n) is 5.61. The van der Waals surface area contributed by atoms with Gasteiger partial charge >= 0.3 is 0 Å². The van der Waals surface area contributed by atoms with Gasteiger partial charge in [-0.1, -0.05) is 20.8 Å². The largest absolute Gasteiger partial charge is 0.360 e. The fraction of sp³-hybridized carbons (Fsp3) is 0.462. The normalized spacial score (nSPS) is 11.5. The third kappa shape index (κ3) is 1.54. The molecule has 0 aliphatic carbocycles. The number of aromatic amines is 1. The first-order valence-corrected chi connectivity index (χ1v) is 5.61. The average Bonchev–Trinajstić information content (AvgIpc) is 2.65. The lowest BCUT2D eigenvalue weighted by molar-refractivity contribution is 0.832. The molecule has 0 aliphatic rings. The molecule has 15 heavy (non-hydrogen) atoms. The van der Waals surface area contributed by atoms with Crippen LogP contribution >= 0.6 is 0 Å². The van der Waals surface area contributed by atoms with Gasteiger partial charge in [-0.25, -0.2) is 0 Å². The van der Waals surface area contributed by atoms with Crippen molar-refractivity contribution in [2.45, 2.75) is 40.0 Å². The summed E-state index contributed by atoms with van der Waals surface area (Å²) in [5.74, 6) is 0.534. The fourth-order valence-corrected chi connectivity index (χ4v) is 2.28. The van der Waals surface area contributed by atoms with Crippen LogP contribution in [0.25, 0.3) is 10.9 Å². The van der Waals surface area contributed by atoms with Gasteiger partial charge in [0.15, 0.2) is 0 Å². The molecule has 0 fully saturated rings. The Bertz CT molecular complexity index is 480. The van der Waals surface area contributed by atoms with Gasteiger partial charge in [-0.3, -0.25) is 4.98 Å². The number of fused-ring (bicyclic) bond motifs is 1. The van der Waals surface area contributed by atoms with Crippen molar-refractivity contribution in [2.24, 2.45) is 0 Å². The van der Waals surface area contributed by atoms with Crippen molar-refractivity contribution in [2.75, 3.05) is 0 Å². The molecule has 2 aromatic rings. The first-order chi connectivity index (χ1) is 7.15. The number of pyridine rings is 1. The summed E-state index contributed by atoms with van der Waals surface area (Å²) in [6.07, 6.45) is 3.01. The van der Waals surface area contributed by atoms with Crippen LogP contribution in [0.1, 0.15) is 43.6 Å². The van der Waals surface area contributed by atoms with E-state index in [1.165, 1.54) is 22.2 Å². The molecule has 2 heterocycles. The summed E-state index contributed by atoms with van der Waals surface area (Å²) in [5.41, 5.74) is 4.95. The Morgan fingerprint density at radius 2 is 2.13 bits per heavy atom. The van der Waals surface area contributed by atoms with Crippen molar-refractivity contribution in [3.63, 3.8) is 0 Å². The second-order valence-corrected chi connectivity index (χ2v) is 4.33. The van der Waals surface area contributed by atoms with E-state index in [9.17, 15) is 0 Å². The number of hydrogen-bond acceptors (Lipinski definition) is 1. The van der Waals surface area contributed by atoms with Gasteiger partial charge in [0.25, 0.3) is 0 Å². The third-order valence-electron chi connectivity index (χ3n) is 2.92. The van der Waals surface area contributed by atoms with Gasteiger partial charge in [0.1, 0.15) is 0 Å². The van der Waals surface area contributed by atoms with Crippen LogP contribution in [0.3, 0.4) is 0 Å². The van der Waals surface area contributed by atoms with Gasteiger partial charge in [-0.2, -0.15) is 0 Å². The highest BCUT2D eigenvalue weighted by Gasteiger charge is 2.13. The highest BCUT2D eigenvalue weighted by Crippen LogP contribution is 2.29. The summed E-state index contributed by atoms with van der Waals surface area (Å²) in [5, 5.41) is 1.34. The van der Waals surface area contributed by atoms with E-state index in [2.05, 4.69) is 43.7 Å². The molecule has 2 aromatic heterocycles. The quantitative estimate of drug-likeness (QED) is 0.792. The fourth-order valence-electron chi connectivity index (χ4n) is 2.28. The average molecular weight is 202 g/mol. The lowest BCUT2D eigenvalue weighted by atomic mass is 9.96. The van der Waals surface area contributed by atoms with Crippen molar-refractivity contribution in [1.82, 2.24) is 9.97 Å². The molecule has 0 spiro atoms. The van der Waals surface area contributed by atoms with Crippen molar-refractivity contribution in [3.8, 4) is 0 Å². The maximum Gasteiger partial charge on any atom is 0.0673 e. The highest BCUT2D eigenvalue weighted by molar-refractivity contribution is 5.85. The van der Waals surface area contributed by atoms with E-state index in [4.69, 9.17) is 0 Å². The molecule has 2 rings (SSSR count). The van der Waals surface area contributed by atoms with Gasteiger partial charge < -0.3 is 4.98 Å². The molecular formula is C13H18N2. The van der Waals surface area contributed by atoms with Crippen LogP contribution in [0.5, 0.6) is 0 Å². The summed E-state index contributed by atoms with van der Waals surface area (Å²) in [4.78, 5) is 7.95. The number of aromatic nitrogens is 2. The summed E-state index contributed by atoms with van der Waals surface area (Å²) in [6, 6.07) is 2.17. The van der Waals surface area contributed by atoms with Gasteiger partial charge in [0, 0.05) is 17.3 Å². The molecule has 0 aromatic carbocycles. The molecule has 0 radical (unpaired) electrons. The Morgan fingerprint density at radius 1 is 1.40 bits per heavy atom. The maximum absolute atomic E-state index is 4.68. The summed E-state index contributed by atoms with van der Waals surface area (Å²) in [7, 11) is 0. The Kier molecular flexibility index (Phi) is 2.51. The highest BCUT2D eigenvalue weighted by atomic mass is 14.8. The second kappa shape index (κ2) is 3.69. The van der Waals surface area contributed by atoms with Crippen LogP contribution in [0.4, 0.5) is 0 Å². The minimum atomic E-state index is 0.534. The molecule has 0 atom stereocenters. The van der Waals surface area contributed by atoms with E-state index in [0.29, 0.717) is 5.92 Å². The molecule has 0 saturated heterocycles. The van der Waals surface area contributed by atoms with Gasteiger partial charge in [-0.15, -0.1) is 0 Å². The summed E-state index contributed by atoms with van der Waals surface area (Å²) in [6.45, 7) is 8.71. The smallest absolute Gasteiger partial charge is 0.0673 e. The standard InChI is InChI=1S/C13H18N2/c1-5-11-12(8(2)3)10-6-7-14-13(10)9(4)15-11/h6-8,14H,5H2,1-4H3. The predicted octanol–water partition coefficient (Wildman–Crippen LogP) is 3.56. The number of hydrogen-bond donors (Lipinski definition) is 1. The van der Waals surface area contributed by atoms with E-state index in [-0.39, 0.29) is 0 Å². The Balaban J connectivity index is 2.83. The van der Waals surface area contributed by atoms with Crippen LogP contribution in [0.15, 0.2) is 12.3 Å². The van der Waals surface area contributed by atoms with Crippen LogP contribution in [0.2, 0.25) is 0 Å². The molecule has 1 N–H and O–H groups in total. The minimum Gasteiger partial charge on any atom is -0.360 e. The van der Waals surface area contributed by atoms with E-state index in [0.717, 1.165) is 12.1 Å². The zero-order valence-electron chi connectivity index (χ0n) is 9.89. The predicted molar refractivity (Wildman–Crippen MR) is 64.3 cm³/mol. The molecule has 0 unspecified atom stereocenters. The lowest BCUT2D eigenvalue weighted by Crippen LogP contribution is -2.01. The van der Waals surface area contributed by atoms with Crippen LogP contribution in [-0.4, -0.2) is 9.97 Å². The molecule has 2 heteroatoms. The van der Waals surface area contributed by atoms with E-state index < -0.39 is 0 Å². The van der Waals surface area contributed by atoms with Crippen LogP contribution in [0, 0.1) is 6.92 Å².